The molecule has 3 rings (SSSR count). The number of rotatable bonds is 8. The summed E-state index contributed by atoms with van der Waals surface area (Å²) in [5.74, 6) is 0.115. The molecule has 0 spiro atoms. The number of halogens is 4. The third kappa shape index (κ3) is 6.51. The zero-order valence-corrected chi connectivity index (χ0v) is 19.3. The maximum Gasteiger partial charge on any atom is 0.416 e. The van der Waals surface area contributed by atoms with Gasteiger partial charge in [0.1, 0.15) is 11.4 Å². The number of nitrogens with zero attached hydrogens (tertiary/aromatic N) is 3. The van der Waals surface area contributed by atoms with Crippen molar-refractivity contribution in [2.75, 3.05) is 13.2 Å². The minimum atomic E-state index is -4.40. The van der Waals surface area contributed by atoms with Crippen LogP contribution in [0.5, 0.6) is 5.75 Å². The molecule has 0 atom stereocenters. The number of benzene rings is 2. The van der Waals surface area contributed by atoms with Crippen LogP contribution in [0.2, 0.25) is 5.02 Å². The second-order valence-corrected chi connectivity index (χ2v) is 9.02. The fourth-order valence-corrected chi connectivity index (χ4v) is 3.53. The Kier molecular flexibility index (Phi) is 7.37. The first-order valence-electron chi connectivity index (χ1n) is 10.3. The van der Waals surface area contributed by atoms with Crippen molar-refractivity contribution in [1.29, 1.82) is 0 Å². The fraction of sp³-hybridized carbons (Fsp3) is 0.333. The third-order valence-corrected chi connectivity index (χ3v) is 5.44. The van der Waals surface area contributed by atoms with E-state index in [1.807, 2.05) is 32.0 Å². The molecule has 0 saturated heterocycles. The molecule has 9 heteroatoms. The first-order valence-corrected chi connectivity index (χ1v) is 10.6. The highest BCUT2D eigenvalue weighted by molar-refractivity contribution is 6.31. The lowest BCUT2D eigenvalue weighted by Crippen LogP contribution is -2.41. The zero-order chi connectivity index (χ0) is 24.2. The number of carbonyl (C=O) groups is 1. The molecule has 33 heavy (non-hydrogen) atoms. The number of aromatic nitrogens is 2. The highest BCUT2D eigenvalue weighted by atomic mass is 35.5. The zero-order valence-electron chi connectivity index (χ0n) is 18.6. The Bertz CT molecular complexity index is 1090. The molecule has 0 bridgehead atoms. The molecular formula is C24H25ClF3N3O2. The van der Waals surface area contributed by atoms with Gasteiger partial charge in [0.05, 0.1) is 24.7 Å². The predicted molar refractivity (Wildman–Crippen MR) is 120 cm³/mol. The SMILES string of the molecule is Cn1cncc1C(=O)N(Cc1ccccc1Cl)CC(C)(C)COc1ccc(C(F)(F)F)cc1. The van der Waals surface area contributed by atoms with Gasteiger partial charge >= 0.3 is 6.18 Å². The van der Waals surface area contributed by atoms with Crippen LogP contribution in [0.15, 0.2) is 61.1 Å². The van der Waals surface area contributed by atoms with Gasteiger partial charge in [-0.25, -0.2) is 4.98 Å². The molecule has 0 aliphatic rings. The lowest BCUT2D eigenvalue weighted by Gasteiger charge is -2.33. The molecule has 0 unspecified atom stereocenters. The normalized spacial score (nSPS) is 12.0. The van der Waals surface area contributed by atoms with Gasteiger partial charge in [0.2, 0.25) is 0 Å². The number of imidazole rings is 1. The van der Waals surface area contributed by atoms with Crippen molar-refractivity contribution in [2.24, 2.45) is 12.5 Å². The summed E-state index contributed by atoms with van der Waals surface area (Å²) < 4.78 is 45.7. The Morgan fingerprint density at radius 1 is 1.12 bits per heavy atom. The summed E-state index contributed by atoms with van der Waals surface area (Å²) in [5, 5.41) is 0.555. The predicted octanol–water partition coefficient (Wildman–Crippen LogP) is 5.84. The first-order chi connectivity index (χ1) is 15.5. The summed E-state index contributed by atoms with van der Waals surface area (Å²) in [5.41, 5.74) is -0.0180. The number of hydrogen-bond donors (Lipinski definition) is 0. The van der Waals surface area contributed by atoms with Gasteiger partial charge in [0, 0.05) is 30.6 Å². The standard InChI is InChI=1S/C24H25ClF3N3O2/c1-23(2,15-33-19-10-8-18(9-11-19)24(26,27)28)14-31(13-17-6-4-5-7-20(17)25)22(32)21-12-29-16-30(21)3/h4-12,16H,13-15H2,1-3H3. The lowest BCUT2D eigenvalue weighted by atomic mass is 9.93. The van der Waals surface area contributed by atoms with Crippen LogP contribution in [0.4, 0.5) is 13.2 Å². The lowest BCUT2D eigenvalue weighted by molar-refractivity contribution is -0.137. The Morgan fingerprint density at radius 2 is 1.79 bits per heavy atom. The maximum absolute atomic E-state index is 13.3. The van der Waals surface area contributed by atoms with Crippen LogP contribution in [0, 0.1) is 5.41 Å². The molecule has 2 aromatic carbocycles. The minimum Gasteiger partial charge on any atom is -0.493 e. The largest absolute Gasteiger partial charge is 0.493 e. The van der Waals surface area contributed by atoms with E-state index in [0.29, 0.717) is 23.0 Å². The maximum atomic E-state index is 13.3. The Hall–Kier alpha value is -3.00. The van der Waals surface area contributed by atoms with Gasteiger partial charge in [0.15, 0.2) is 0 Å². The summed E-state index contributed by atoms with van der Waals surface area (Å²) in [4.78, 5) is 19.0. The number of ether oxygens (including phenoxy) is 1. The summed E-state index contributed by atoms with van der Waals surface area (Å²) >= 11 is 6.33. The van der Waals surface area contributed by atoms with E-state index in [4.69, 9.17) is 16.3 Å². The van der Waals surface area contributed by atoms with Crippen molar-refractivity contribution >= 4 is 17.5 Å². The second kappa shape index (κ2) is 9.87. The average molecular weight is 480 g/mol. The van der Waals surface area contributed by atoms with E-state index in [2.05, 4.69) is 4.98 Å². The number of amides is 1. The van der Waals surface area contributed by atoms with Gasteiger partial charge in [0.25, 0.3) is 5.91 Å². The van der Waals surface area contributed by atoms with Gasteiger partial charge in [-0.3, -0.25) is 4.79 Å². The van der Waals surface area contributed by atoms with Gasteiger partial charge in [-0.2, -0.15) is 13.2 Å². The van der Waals surface area contributed by atoms with Crippen molar-refractivity contribution in [3.63, 3.8) is 0 Å². The minimum absolute atomic E-state index is 0.191. The van der Waals surface area contributed by atoms with Crippen LogP contribution in [0.25, 0.3) is 0 Å². The molecule has 0 saturated carbocycles. The van der Waals surface area contributed by atoms with E-state index in [-0.39, 0.29) is 19.1 Å². The number of carbonyl (C=O) groups excluding carboxylic acids is 1. The second-order valence-electron chi connectivity index (χ2n) is 8.62. The topological polar surface area (TPSA) is 47.4 Å². The molecule has 0 aliphatic heterocycles. The van der Waals surface area contributed by atoms with Crippen LogP contribution in [0.3, 0.4) is 0 Å². The van der Waals surface area contributed by atoms with Crippen LogP contribution in [-0.4, -0.2) is 33.5 Å². The van der Waals surface area contributed by atoms with E-state index in [1.165, 1.54) is 18.3 Å². The van der Waals surface area contributed by atoms with Crippen molar-refractivity contribution in [1.82, 2.24) is 14.5 Å². The molecule has 1 heterocycles. The van der Waals surface area contributed by atoms with E-state index in [1.54, 1.807) is 28.9 Å². The van der Waals surface area contributed by atoms with Crippen molar-refractivity contribution < 1.29 is 22.7 Å². The quantitative estimate of drug-likeness (QED) is 0.408. The Morgan fingerprint density at radius 3 is 2.36 bits per heavy atom. The van der Waals surface area contributed by atoms with E-state index in [0.717, 1.165) is 17.7 Å². The Balaban J connectivity index is 1.75. The number of alkyl halides is 3. The van der Waals surface area contributed by atoms with Gasteiger partial charge in [-0.1, -0.05) is 43.6 Å². The number of hydrogen-bond acceptors (Lipinski definition) is 3. The van der Waals surface area contributed by atoms with Gasteiger partial charge < -0.3 is 14.2 Å². The molecular weight excluding hydrogens is 455 g/mol. The molecule has 0 radical (unpaired) electrons. The van der Waals surface area contributed by atoms with Gasteiger partial charge in [-0.15, -0.1) is 0 Å². The molecule has 0 N–H and O–H groups in total. The smallest absolute Gasteiger partial charge is 0.416 e. The van der Waals surface area contributed by atoms with Crippen LogP contribution in [-0.2, 0) is 19.8 Å². The summed E-state index contributed by atoms with van der Waals surface area (Å²) in [6, 6.07) is 11.9. The Labute approximate surface area is 195 Å². The average Bonchev–Trinajstić information content (AvgIpc) is 3.18. The molecule has 0 fully saturated rings. The molecule has 3 aromatic rings. The number of aryl methyl sites for hydroxylation is 1. The monoisotopic (exact) mass is 479 g/mol. The van der Waals surface area contributed by atoms with E-state index in [9.17, 15) is 18.0 Å². The fourth-order valence-electron chi connectivity index (χ4n) is 3.34. The summed E-state index contributed by atoms with van der Waals surface area (Å²) in [6.45, 7) is 4.65. The van der Waals surface area contributed by atoms with Gasteiger partial charge in [-0.05, 0) is 35.9 Å². The molecule has 5 nitrogen and oxygen atoms in total. The highest BCUT2D eigenvalue weighted by Gasteiger charge is 2.31. The van der Waals surface area contributed by atoms with Crippen LogP contribution < -0.4 is 4.74 Å². The third-order valence-electron chi connectivity index (χ3n) is 5.07. The molecule has 176 valence electrons. The summed E-state index contributed by atoms with van der Waals surface area (Å²) in [7, 11) is 1.74. The van der Waals surface area contributed by atoms with Crippen LogP contribution in [0.1, 0.15) is 35.5 Å². The van der Waals surface area contributed by atoms with E-state index >= 15 is 0 Å². The van der Waals surface area contributed by atoms with Crippen molar-refractivity contribution in [3.05, 3.63) is 82.9 Å². The highest BCUT2D eigenvalue weighted by Crippen LogP contribution is 2.31. The molecule has 0 aliphatic carbocycles. The van der Waals surface area contributed by atoms with Crippen molar-refractivity contribution in [3.8, 4) is 5.75 Å². The molecule has 1 amide bonds. The molecule has 1 aromatic heterocycles. The van der Waals surface area contributed by atoms with Crippen molar-refractivity contribution in [2.45, 2.75) is 26.6 Å². The van der Waals surface area contributed by atoms with Crippen LogP contribution >= 0.6 is 11.6 Å². The summed E-state index contributed by atoms with van der Waals surface area (Å²) in [6.07, 6.45) is -1.34. The van der Waals surface area contributed by atoms with E-state index < -0.39 is 17.2 Å². The first kappa shape index (κ1) is 24.6.